The van der Waals surface area contributed by atoms with Gasteiger partial charge in [0.1, 0.15) is 5.75 Å². The van der Waals surface area contributed by atoms with Gasteiger partial charge in [0.2, 0.25) is 0 Å². The maximum absolute atomic E-state index is 11.3. The molecule has 0 spiro atoms. The summed E-state index contributed by atoms with van der Waals surface area (Å²) >= 11 is 0. The van der Waals surface area contributed by atoms with Crippen LogP contribution in [0.5, 0.6) is 5.75 Å². The smallest absolute Gasteiger partial charge is 0.306 e. The summed E-state index contributed by atoms with van der Waals surface area (Å²) in [7, 11) is 3.67. The van der Waals surface area contributed by atoms with Crippen molar-refractivity contribution in [3.05, 3.63) is 24.3 Å². The van der Waals surface area contributed by atoms with Crippen LogP contribution in [0.2, 0.25) is 0 Å². The number of methoxy groups -OCH3 is 1. The number of hydrogen-bond donors (Lipinski definition) is 1. The molecule has 4 heteroatoms. The summed E-state index contributed by atoms with van der Waals surface area (Å²) in [4.78, 5) is 13.5. The molecule has 1 N–H and O–H groups in total. The highest BCUT2D eigenvalue weighted by atomic mass is 16.5. The molecular formula is C16H23NO3. The molecule has 4 nitrogen and oxygen atoms in total. The van der Waals surface area contributed by atoms with Gasteiger partial charge in [0.05, 0.1) is 13.0 Å². The van der Waals surface area contributed by atoms with Crippen LogP contribution in [0.1, 0.15) is 25.7 Å². The van der Waals surface area contributed by atoms with Crippen LogP contribution in [-0.4, -0.2) is 31.8 Å². The van der Waals surface area contributed by atoms with Crippen molar-refractivity contribution in [2.75, 3.05) is 25.6 Å². The highest BCUT2D eigenvalue weighted by Gasteiger charge is 2.31. The van der Waals surface area contributed by atoms with Crippen molar-refractivity contribution < 1.29 is 14.6 Å². The molecule has 2 atom stereocenters. The number of carbonyl (C=O) groups is 1. The lowest BCUT2D eigenvalue weighted by atomic mass is 9.79. The van der Waals surface area contributed by atoms with Gasteiger partial charge in [-0.2, -0.15) is 0 Å². The number of carboxylic acids is 1. The molecule has 0 heterocycles. The molecular weight excluding hydrogens is 254 g/mol. The van der Waals surface area contributed by atoms with Crippen LogP contribution >= 0.6 is 0 Å². The second-order valence-electron chi connectivity index (χ2n) is 5.57. The average Bonchev–Trinajstić information content (AvgIpc) is 2.47. The summed E-state index contributed by atoms with van der Waals surface area (Å²) in [6.07, 6.45) is 4.01. The monoisotopic (exact) mass is 277 g/mol. The van der Waals surface area contributed by atoms with Crippen molar-refractivity contribution in [3.63, 3.8) is 0 Å². The molecule has 2 unspecified atom stereocenters. The quantitative estimate of drug-likeness (QED) is 0.898. The van der Waals surface area contributed by atoms with Crippen molar-refractivity contribution in [1.82, 2.24) is 0 Å². The Balaban J connectivity index is 2.01. The van der Waals surface area contributed by atoms with Crippen LogP contribution < -0.4 is 9.64 Å². The SMILES string of the molecule is COc1ccc(N(C)CC2CCCCC2C(=O)O)cc1. The molecule has 0 radical (unpaired) electrons. The van der Waals surface area contributed by atoms with Crippen LogP contribution in [0.15, 0.2) is 24.3 Å². The van der Waals surface area contributed by atoms with E-state index in [1.165, 1.54) is 0 Å². The molecule has 0 bridgehead atoms. The van der Waals surface area contributed by atoms with E-state index in [-0.39, 0.29) is 11.8 Å². The second kappa shape index (κ2) is 6.64. The Bertz CT molecular complexity index is 444. The Morgan fingerprint density at radius 2 is 1.95 bits per heavy atom. The Kier molecular flexibility index (Phi) is 4.88. The lowest BCUT2D eigenvalue weighted by Crippen LogP contribution is -2.35. The van der Waals surface area contributed by atoms with E-state index in [1.54, 1.807) is 7.11 Å². The lowest BCUT2D eigenvalue weighted by Gasteiger charge is -2.32. The number of nitrogens with zero attached hydrogens (tertiary/aromatic N) is 1. The summed E-state index contributed by atoms with van der Waals surface area (Å²) in [5, 5.41) is 9.33. The number of aliphatic carboxylic acids is 1. The Morgan fingerprint density at radius 3 is 2.55 bits per heavy atom. The summed E-state index contributed by atoms with van der Waals surface area (Å²) in [6.45, 7) is 0.795. The average molecular weight is 277 g/mol. The fourth-order valence-electron chi connectivity index (χ4n) is 3.05. The van der Waals surface area contributed by atoms with Gasteiger partial charge in [0.15, 0.2) is 0 Å². The number of anilines is 1. The van der Waals surface area contributed by atoms with Crippen LogP contribution in [-0.2, 0) is 4.79 Å². The van der Waals surface area contributed by atoms with Crippen LogP contribution in [0.3, 0.4) is 0 Å². The van der Waals surface area contributed by atoms with Crippen molar-refractivity contribution in [2.45, 2.75) is 25.7 Å². The van der Waals surface area contributed by atoms with E-state index in [2.05, 4.69) is 4.90 Å². The number of carboxylic acid groups (broad SMARTS) is 1. The number of hydrogen-bond acceptors (Lipinski definition) is 3. The van der Waals surface area contributed by atoms with Gasteiger partial charge in [0.25, 0.3) is 0 Å². The molecule has 20 heavy (non-hydrogen) atoms. The summed E-state index contributed by atoms with van der Waals surface area (Å²) in [5.41, 5.74) is 1.10. The Hall–Kier alpha value is -1.71. The second-order valence-corrected chi connectivity index (χ2v) is 5.57. The summed E-state index contributed by atoms with van der Waals surface area (Å²) in [6, 6.07) is 7.89. The van der Waals surface area contributed by atoms with Gasteiger partial charge in [-0.15, -0.1) is 0 Å². The highest BCUT2D eigenvalue weighted by molar-refractivity contribution is 5.70. The van der Waals surface area contributed by atoms with Crippen LogP contribution in [0.25, 0.3) is 0 Å². The van der Waals surface area contributed by atoms with Gasteiger partial charge in [-0.05, 0) is 43.0 Å². The zero-order chi connectivity index (χ0) is 14.5. The standard InChI is InChI=1S/C16H23NO3/c1-17(13-7-9-14(20-2)10-8-13)11-12-5-3-4-6-15(12)16(18)19/h7-10,12,15H,3-6,11H2,1-2H3,(H,18,19). The first-order chi connectivity index (χ1) is 9.61. The van der Waals surface area contributed by atoms with E-state index in [4.69, 9.17) is 4.74 Å². The first-order valence-corrected chi connectivity index (χ1v) is 7.20. The van der Waals surface area contributed by atoms with E-state index in [1.807, 2.05) is 31.3 Å². The van der Waals surface area contributed by atoms with E-state index in [0.29, 0.717) is 0 Å². The first kappa shape index (κ1) is 14.7. The maximum Gasteiger partial charge on any atom is 0.306 e. The van der Waals surface area contributed by atoms with Crippen LogP contribution in [0.4, 0.5) is 5.69 Å². The van der Waals surface area contributed by atoms with Gasteiger partial charge in [-0.1, -0.05) is 12.8 Å². The molecule has 0 aromatic heterocycles. The fraction of sp³-hybridized carbons (Fsp3) is 0.562. The fourth-order valence-corrected chi connectivity index (χ4v) is 3.05. The van der Waals surface area contributed by atoms with E-state index in [0.717, 1.165) is 43.7 Å². The minimum atomic E-state index is -0.641. The van der Waals surface area contributed by atoms with Gasteiger partial charge in [0, 0.05) is 19.3 Å². The van der Waals surface area contributed by atoms with Crippen molar-refractivity contribution >= 4 is 11.7 Å². The van der Waals surface area contributed by atoms with Crippen molar-refractivity contribution in [1.29, 1.82) is 0 Å². The Morgan fingerprint density at radius 1 is 1.30 bits per heavy atom. The minimum Gasteiger partial charge on any atom is -0.497 e. The van der Waals surface area contributed by atoms with Gasteiger partial charge in [-0.3, -0.25) is 4.79 Å². The molecule has 1 aliphatic rings. The van der Waals surface area contributed by atoms with Crippen molar-refractivity contribution in [2.24, 2.45) is 11.8 Å². The molecule has 0 saturated heterocycles. The summed E-state index contributed by atoms with van der Waals surface area (Å²) < 4.78 is 5.15. The topological polar surface area (TPSA) is 49.8 Å². The van der Waals surface area contributed by atoms with E-state index in [9.17, 15) is 9.90 Å². The molecule has 0 amide bonds. The molecule has 2 rings (SSSR count). The molecule has 1 fully saturated rings. The summed E-state index contributed by atoms with van der Waals surface area (Å²) in [5.74, 6) is 0.249. The van der Waals surface area contributed by atoms with Gasteiger partial charge in [-0.25, -0.2) is 0 Å². The molecule has 1 saturated carbocycles. The first-order valence-electron chi connectivity index (χ1n) is 7.20. The third kappa shape index (κ3) is 3.44. The third-order valence-electron chi connectivity index (χ3n) is 4.25. The number of benzene rings is 1. The molecule has 0 aliphatic heterocycles. The van der Waals surface area contributed by atoms with Gasteiger partial charge >= 0.3 is 5.97 Å². The maximum atomic E-state index is 11.3. The van der Waals surface area contributed by atoms with Crippen molar-refractivity contribution in [3.8, 4) is 5.75 Å². The Labute approximate surface area is 120 Å². The molecule has 110 valence electrons. The highest BCUT2D eigenvalue weighted by Crippen LogP contribution is 2.31. The van der Waals surface area contributed by atoms with E-state index < -0.39 is 5.97 Å². The van der Waals surface area contributed by atoms with Crippen LogP contribution in [0, 0.1) is 11.8 Å². The zero-order valence-electron chi connectivity index (χ0n) is 12.2. The van der Waals surface area contributed by atoms with Gasteiger partial charge < -0.3 is 14.7 Å². The van der Waals surface area contributed by atoms with E-state index >= 15 is 0 Å². The number of ether oxygens (including phenoxy) is 1. The lowest BCUT2D eigenvalue weighted by molar-refractivity contribution is -0.144. The molecule has 1 aromatic carbocycles. The predicted molar refractivity (Wildman–Crippen MR) is 79.3 cm³/mol. The number of rotatable bonds is 5. The third-order valence-corrected chi connectivity index (χ3v) is 4.25. The zero-order valence-corrected chi connectivity index (χ0v) is 12.2. The molecule has 1 aromatic rings. The minimum absolute atomic E-state index is 0.190. The normalized spacial score (nSPS) is 22.3. The largest absolute Gasteiger partial charge is 0.497 e. The molecule has 1 aliphatic carbocycles. The predicted octanol–water partition coefficient (Wildman–Crippen LogP) is 3.02.